The highest BCUT2D eigenvalue weighted by atomic mass is 79.9. The Morgan fingerprint density at radius 1 is 1.09 bits per heavy atom. The summed E-state index contributed by atoms with van der Waals surface area (Å²) in [6, 6.07) is 17.3. The van der Waals surface area contributed by atoms with Crippen LogP contribution in [-0.4, -0.2) is 23.8 Å². The monoisotopic (exact) mass is 692 g/mol. The number of thiazole rings is 1. The van der Waals surface area contributed by atoms with Crippen molar-refractivity contribution in [2.75, 3.05) is 13.2 Å². The standard InChI is InChI=1S/C35H34BrFN2O5S/c1-6-42-28-17-22(16-26(36)32(28)44-19-25-10-8-9-11-27(25)37)18-29-33(40)39-31(24-14-12-23(13-15-24)20(3)4)30(34(41)43-7-2)21(5)38-35(39)45-29/h8-18,20,31H,6-7,19H2,1-5H3/t31-/m1/s1. The minimum absolute atomic E-state index is 0.0175. The second-order valence-corrected chi connectivity index (χ2v) is 12.6. The Morgan fingerprint density at radius 2 is 1.82 bits per heavy atom. The van der Waals surface area contributed by atoms with E-state index in [1.54, 1.807) is 48.8 Å². The van der Waals surface area contributed by atoms with Crippen LogP contribution in [0.3, 0.4) is 0 Å². The molecule has 1 aliphatic heterocycles. The van der Waals surface area contributed by atoms with Gasteiger partial charge in [0.15, 0.2) is 16.3 Å². The fourth-order valence-corrected chi connectivity index (χ4v) is 6.78. The molecule has 1 atom stereocenters. The Hall–Kier alpha value is -4.02. The first-order valence-electron chi connectivity index (χ1n) is 14.7. The molecule has 4 aromatic rings. The number of aromatic nitrogens is 1. The number of hydrogen-bond acceptors (Lipinski definition) is 7. The first-order valence-corrected chi connectivity index (χ1v) is 16.4. The Morgan fingerprint density at radius 3 is 2.49 bits per heavy atom. The van der Waals surface area contributed by atoms with Crippen LogP contribution in [-0.2, 0) is 16.1 Å². The fourth-order valence-electron chi connectivity index (χ4n) is 5.16. The molecule has 0 radical (unpaired) electrons. The number of hydrogen-bond donors (Lipinski definition) is 0. The zero-order valence-corrected chi connectivity index (χ0v) is 28.1. The van der Waals surface area contributed by atoms with Crippen LogP contribution in [0.25, 0.3) is 6.08 Å². The van der Waals surface area contributed by atoms with Crippen LogP contribution < -0.4 is 24.4 Å². The first-order chi connectivity index (χ1) is 21.6. The van der Waals surface area contributed by atoms with Crippen molar-refractivity contribution < 1.29 is 23.4 Å². The van der Waals surface area contributed by atoms with Crippen molar-refractivity contribution >= 4 is 39.3 Å². The summed E-state index contributed by atoms with van der Waals surface area (Å²) in [7, 11) is 0. The van der Waals surface area contributed by atoms with E-state index in [2.05, 4.69) is 34.8 Å². The fraction of sp³-hybridized carbons (Fsp3) is 0.286. The largest absolute Gasteiger partial charge is 0.490 e. The summed E-state index contributed by atoms with van der Waals surface area (Å²) >= 11 is 4.82. The summed E-state index contributed by atoms with van der Waals surface area (Å²) in [5.74, 6) is 0.362. The lowest BCUT2D eigenvalue weighted by Gasteiger charge is -2.25. The maximum Gasteiger partial charge on any atom is 0.338 e. The van der Waals surface area contributed by atoms with E-state index in [9.17, 15) is 14.0 Å². The molecule has 0 spiro atoms. The second kappa shape index (κ2) is 14.0. The van der Waals surface area contributed by atoms with E-state index in [0.717, 1.165) is 11.1 Å². The molecule has 0 amide bonds. The smallest absolute Gasteiger partial charge is 0.338 e. The molecule has 234 valence electrons. The predicted molar refractivity (Wildman–Crippen MR) is 177 cm³/mol. The van der Waals surface area contributed by atoms with Crippen molar-refractivity contribution in [3.05, 3.63) is 124 Å². The summed E-state index contributed by atoms with van der Waals surface area (Å²) in [6.07, 6.45) is 1.76. The van der Waals surface area contributed by atoms with E-state index < -0.39 is 12.0 Å². The van der Waals surface area contributed by atoms with Crippen LogP contribution in [0.1, 0.15) is 68.8 Å². The molecule has 0 bridgehead atoms. The number of benzene rings is 3. The molecule has 1 aliphatic rings. The Bertz CT molecular complexity index is 1950. The van der Waals surface area contributed by atoms with Crippen molar-refractivity contribution in [2.45, 2.75) is 53.2 Å². The molecule has 0 saturated heterocycles. The SMILES string of the molecule is CCOC(=O)C1=C(C)N=c2sc(=Cc3cc(Br)c(OCc4ccccc4F)c(OCC)c3)c(=O)n2[C@@H]1c1ccc(C(C)C)cc1. The van der Waals surface area contributed by atoms with Gasteiger partial charge in [0, 0.05) is 5.56 Å². The number of carbonyl (C=O) groups excluding carboxylic acids is 1. The molecule has 10 heteroatoms. The third-order valence-electron chi connectivity index (χ3n) is 7.40. The third kappa shape index (κ3) is 6.82. The lowest BCUT2D eigenvalue weighted by molar-refractivity contribution is -0.139. The third-order valence-corrected chi connectivity index (χ3v) is 8.97. The summed E-state index contributed by atoms with van der Waals surface area (Å²) in [5, 5.41) is 0. The van der Waals surface area contributed by atoms with E-state index >= 15 is 0 Å². The van der Waals surface area contributed by atoms with Crippen LogP contribution in [0.15, 0.2) is 86.2 Å². The number of carbonyl (C=O) groups is 1. The normalized spacial score (nSPS) is 14.8. The average Bonchev–Trinajstić information content (AvgIpc) is 3.30. The van der Waals surface area contributed by atoms with Gasteiger partial charge in [-0.25, -0.2) is 14.2 Å². The zero-order chi connectivity index (χ0) is 32.2. The summed E-state index contributed by atoms with van der Waals surface area (Å²) < 4.78 is 34.1. The van der Waals surface area contributed by atoms with E-state index in [0.29, 0.717) is 60.2 Å². The van der Waals surface area contributed by atoms with Crippen molar-refractivity contribution in [1.82, 2.24) is 4.57 Å². The van der Waals surface area contributed by atoms with Gasteiger partial charge in [0.1, 0.15) is 12.4 Å². The molecular weight excluding hydrogens is 659 g/mol. The number of fused-ring (bicyclic) bond motifs is 1. The lowest BCUT2D eigenvalue weighted by atomic mass is 9.93. The first kappa shape index (κ1) is 32.4. The number of rotatable bonds is 10. The van der Waals surface area contributed by atoms with Gasteiger partial charge >= 0.3 is 5.97 Å². The summed E-state index contributed by atoms with van der Waals surface area (Å²) in [4.78, 5) is 32.4. The zero-order valence-electron chi connectivity index (χ0n) is 25.7. The van der Waals surface area contributed by atoms with Crippen LogP contribution in [0.5, 0.6) is 11.5 Å². The average molecular weight is 694 g/mol. The van der Waals surface area contributed by atoms with Crippen molar-refractivity contribution in [3.8, 4) is 11.5 Å². The van der Waals surface area contributed by atoms with Gasteiger partial charge in [0.2, 0.25) is 0 Å². The van der Waals surface area contributed by atoms with Crippen molar-refractivity contribution in [1.29, 1.82) is 0 Å². The van der Waals surface area contributed by atoms with Crippen LogP contribution in [0.2, 0.25) is 0 Å². The van der Waals surface area contributed by atoms with E-state index in [1.807, 2.05) is 37.3 Å². The molecule has 0 N–H and O–H groups in total. The maximum atomic E-state index is 14.2. The topological polar surface area (TPSA) is 79.1 Å². The molecule has 3 aromatic carbocycles. The lowest BCUT2D eigenvalue weighted by Crippen LogP contribution is -2.39. The van der Waals surface area contributed by atoms with Gasteiger partial charge in [-0.2, -0.15) is 0 Å². The summed E-state index contributed by atoms with van der Waals surface area (Å²) in [5.41, 5.74) is 3.63. The van der Waals surface area contributed by atoms with Gasteiger partial charge in [0.25, 0.3) is 5.56 Å². The van der Waals surface area contributed by atoms with Gasteiger partial charge in [0.05, 0.1) is 39.5 Å². The molecule has 45 heavy (non-hydrogen) atoms. The molecule has 0 aliphatic carbocycles. The van der Waals surface area contributed by atoms with E-state index in [4.69, 9.17) is 14.2 Å². The molecule has 5 rings (SSSR count). The van der Waals surface area contributed by atoms with Crippen LogP contribution in [0, 0.1) is 5.82 Å². The molecule has 0 unspecified atom stereocenters. The number of ether oxygens (including phenoxy) is 3. The number of esters is 1. The van der Waals surface area contributed by atoms with Gasteiger partial charge in [-0.3, -0.25) is 9.36 Å². The van der Waals surface area contributed by atoms with Gasteiger partial charge < -0.3 is 14.2 Å². The predicted octanol–water partition coefficient (Wildman–Crippen LogP) is 6.80. The second-order valence-electron chi connectivity index (χ2n) is 10.8. The maximum absolute atomic E-state index is 14.2. The van der Waals surface area contributed by atoms with Crippen molar-refractivity contribution in [2.24, 2.45) is 4.99 Å². The highest BCUT2D eigenvalue weighted by Crippen LogP contribution is 2.38. The highest BCUT2D eigenvalue weighted by molar-refractivity contribution is 9.10. The molecule has 2 heterocycles. The molecule has 0 saturated carbocycles. The molecule has 1 aromatic heterocycles. The number of halogens is 2. The molecule has 7 nitrogen and oxygen atoms in total. The Labute approximate surface area is 273 Å². The minimum Gasteiger partial charge on any atom is -0.490 e. The van der Waals surface area contributed by atoms with Gasteiger partial charge in [-0.05, 0) is 83.6 Å². The Balaban J connectivity index is 1.59. The molecule has 0 fully saturated rings. The highest BCUT2D eigenvalue weighted by Gasteiger charge is 2.33. The van der Waals surface area contributed by atoms with E-state index in [1.165, 1.54) is 17.4 Å². The van der Waals surface area contributed by atoms with Crippen molar-refractivity contribution in [3.63, 3.8) is 0 Å². The quantitative estimate of drug-likeness (QED) is 0.171. The van der Waals surface area contributed by atoms with Crippen LogP contribution in [0.4, 0.5) is 4.39 Å². The van der Waals surface area contributed by atoms with E-state index in [-0.39, 0.29) is 24.6 Å². The minimum atomic E-state index is -0.691. The number of allylic oxidation sites excluding steroid dienone is 1. The Kier molecular flexibility index (Phi) is 10.0. The summed E-state index contributed by atoms with van der Waals surface area (Å²) in [6.45, 7) is 10.2. The van der Waals surface area contributed by atoms with Gasteiger partial charge in [-0.1, -0.05) is 67.6 Å². The molecular formula is C35H34BrFN2O5S. The van der Waals surface area contributed by atoms with Crippen LogP contribution >= 0.6 is 27.3 Å². The van der Waals surface area contributed by atoms with Gasteiger partial charge in [-0.15, -0.1) is 0 Å². The number of nitrogens with zero attached hydrogens (tertiary/aromatic N) is 2.